The summed E-state index contributed by atoms with van der Waals surface area (Å²) in [6.45, 7) is 7.42. The Morgan fingerprint density at radius 2 is 2.00 bits per heavy atom. The van der Waals surface area contributed by atoms with Gasteiger partial charge in [-0.2, -0.15) is 5.26 Å². The van der Waals surface area contributed by atoms with Gasteiger partial charge in [0.15, 0.2) is 6.54 Å². The fourth-order valence-electron chi connectivity index (χ4n) is 3.42. The van der Waals surface area contributed by atoms with Gasteiger partial charge in [0.05, 0.1) is 10.9 Å². The molecular formula is C18H16N3+. The van der Waals surface area contributed by atoms with E-state index in [-0.39, 0.29) is 0 Å². The highest BCUT2D eigenvalue weighted by Crippen LogP contribution is 2.31. The molecule has 0 amide bonds. The number of aryl methyl sites for hydroxylation is 1. The number of aromatic nitrogens is 2. The molecule has 2 aromatic carbocycles. The Balaban J connectivity index is 2.13. The molecule has 3 heteroatoms. The van der Waals surface area contributed by atoms with Gasteiger partial charge in [-0.15, -0.1) is 9.36 Å². The predicted molar refractivity (Wildman–Crippen MR) is 81.5 cm³/mol. The first kappa shape index (κ1) is 12.2. The average molecular weight is 274 g/mol. The van der Waals surface area contributed by atoms with Crippen LogP contribution < -0.4 is 4.68 Å². The summed E-state index contributed by atoms with van der Waals surface area (Å²) < 4.78 is 4.47. The average Bonchev–Trinajstić information content (AvgIpc) is 2.99. The van der Waals surface area contributed by atoms with Crippen LogP contribution >= 0.6 is 0 Å². The van der Waals surface area contributed by atoms with E-state index < -0.39 is 0 Å². The van der Waals surface area contributed by atoms with Crippen LogP contribution in [0.15, 0.2) is 30.5 Å². The zero-order chi connectivity index (χ0) is 14.7. The smallest absolute Gasteiger partial charge is 0.192 e. The number of nitriles is 1. The summed E-state index contributed by atoms with van der Waals surface area (Å²) in [5.74, 6) is 0. The molecule has 1 aliphatic rings. The minimum atomic E-state index is 0.741. The topological polar surface area (TPSA) is 32.6 Å². The van der Waals surface area contributed by atoms with E-state index in [0.717, 1.165) is 23.0 Å². The normalized spacial score (nSPS) is 12.3. The lowest BCUT2D eigenvalue weighted by Gasteiger charge is -2.09. The molecule has 3 aromatic rings. The molecule has 1 aliphatic heterocycles. The standard InChI is InChI=1S/C18H16N3/c1-11-7-15-9-20-10-16-14(8-19)5-4-6-17(16)21(20)18(15)13(3)12(11)2/h4-7,10H,9H2,1-3H3/q+1. The molecule has 0 saturated heterocycles. The molecule has 0 N–H and O–H groups in total. The van der Waals surface area contributed by atoms with Gasteiger partial charge in [-0.05, 0) is 55.7 Å². The molecule has 2 heterocycles. The molecule has 1 aromatic heterocycles. The summed E-state index contributed by atoms with van der Waals surface area (Å²) in [4.78, 5) is 0. The van der Waals surface area contributed by atoms with Crippen LogP contribution in [0.25, 0.3) is 16.6 Å². The lowest BCUT2D eigenvalue weighted by Crippen LogP contribution is -2.36. The summed E-state index contributed by atoms with van der Waals surface area (Å²) in [6, 6.07) is 10.5. The van der Waals surface area contributed by atoms with Gasteiger partial charge in [0.2, 0.25) is 6.20 Å². The van der Waals surface area contributed by atoms with E-state index in [0.29, 0.717) is 0 Å². The number of hydrogen-bond acceptors (Lipinski definition) is 1. The second-order valence-corrected chi connectivity index (χ2v) is 5.84. The summed E-state index contributed by atoms with van der Waals surface area (Å²) in [6.07, 6.45) is 2.10. The molecule has 102 valence electrons. The highest BCUT2D eigenvalue weighted by Gasteiger charge is 2.31. The first-order valence-corrected chi connectivity index (χ1v) is 7.16. The summed E-state index contributed by atoms with van der Waals surface area (Å²) in [5, 5.41) is 10.3. The number of nitrogens with zero attached hydrogens (tertiary/aromatic N) is 3. The van der Waals surface area contributed by atoms with Crippen molar-refractivity contribution in [1.29, 1.82) is 5.26 Å². The Bertz CT molecular complexity index is 955. The molecule has 4 rings (SSSR count). The second-order valence-electron chi connectivity index (χ2n) is 5.84. The third-order valence-electron chi connectivity index (χ3n) is 4.72. The third kappa shape index (κ3) is 1.45. The van der Waals surface area contributed by atoms with E-state index in [1.165, 1.54) is 27.9 Å². The van der Waals surface area contributed by atoms with Crippen LogP contribution in [0.4, 0.5) is 0 Å². The van der Waals surface area contributed by atoms with Crippen LogP contribution in [0.5, 0.6) is 0 Å². The van der Waals surface area contributed by atoms with Gasteiger partial charge in [-0.1, -0.05) is 6.07 Å². The summed E-state index contributed by atoms with van der Waals surface area (Å²) >= 11 is 0. The minimum Gasteiger partial charge on any atom is -0.192 e. The summed E-state index contributed by atoms with van der Waals surface area (Å²) in [5.41, 5.74) is 8.52. The number of rotatable bonds is 0. The number of benzene rings is 2. The maximum absolute atomic E-state index is 9.29. The number of fused-ring (bicyclic) bond motifs is 5. The maximum atomic E-state index is 9.29. The van der Waals surface area contributed by atoms with Crippen LogP contribution in [-0.2, 0) is 6.54 Å². The van der Waals surface area contributed by atoms with Crippen molar-refractivity contribution in [2.24, 2.45) is 0 Å². The van der Waals surface area contributed by atoms with E-state index in [1.54, 1.807) is 0 Å². The van der Waals surface area contributed by atoms with Crippen molar-refractivity contribution in [2.75, 3.05) is 0 Å². The first-order chi connectivity index (χ1) is 10.1. The van der Waals surface area contributed by atoms with Crippen LogP contribution in [-0.4, -0.2) is 4.68 Å². The largest absolute Gasteiger partial charge is 0.205 e. The molecular weight excluding hydrogens is 258 g/mol. The van der Waals surface area contributed by atoms with Crippen molar-refractivity contribution < 1.29 is 4.68 Å². The number of hydrogen-bond donors (Lipinski definition) is 0. The molecule has 21 heavy (non-hydrogen) atoms. The van der Waals surface area contributed by atoms with Crippen molar-refractivity contribution in [1.82, 2.24) is 4.68 Å². The van der Waals surface area contributed by atoms with Gasteiger partial charge >= 0.3 is 0 Å². The van der Waals surface area contributed by atoms with E-state index in [1.807, 2.05) is 12.1 Å². The van der Waals surface area contributed by atoms with Crippen molar-refractivity contribution >= 4 is 10.9 Å². The monoisotopic (exact) mass is 274 g/mol. The van der Waals surface area contributed by atoms with Crippen LogP contribution in [0.2, 0.25) is 0 Å². The molecule has 0 fully saturated rings. The highest BCUT2D eigenvalue weighted by atomic mass is 15.4. The van der Waals surface area contributed by atoms with Gasteiger partial charge in [-0.25, -0.2) is 0 Å². The van der Waals surface area contributed by atoms with E-state index in [2.05, 4.69) is 54.5 Å². The molecule has 0 unspecified atom stereocenters. The zero-order valence-corrected chi connectivity index (χ0v) is 12.4. The lowest BCUT2D eigenvalue weighted by molar-refractivity contribution is -0.749. The zero-order valence-electron chi connectivity index (χ0n) is 12.4. The van der Waals surface area contributed by atoms with Crippen molar-refractivity contribution in [3.05, 3.63) is 58.3 Å². The fraction of sp³-hybridized carbons (Fsp3) is 0.222. The van der Waals surface area contributed by atoms with E-state index in [9.17, 15) is 5.26 Å². The second kappa shape index (κ2) is 3.95. The van der Waals surface area contributed by atoms with Gasteiger partial charge in [0, 0.05) is 5.56 Å². The minimum absolute atomic E-state index is 0.741. The van der Waals surface area contributed by atoms with Gasteiger partial charge in [0.1, 0.15) is 17.3 Å². The Labute approximate surface area is 123 Å². The Hall–Kier alpha value is -2.60. The predicted octanol–water partition coefficient (Wildman–Crippen LogP) is 3.08. The highest BCUT2D eigenvalue weighted by molar-refractivity contribution is 5.85. The Morgan fingerprint density at radius 3 is 2.76 bits per heavy atom. The Kier molecular flexibility index (Phi) is 2.29. The van der Waals surface area contributed by atoms with Crippen LogP contribution in [0, 0.1) is 32.1 Å². The molecule has 0 aliphatic carbocycles. The van der Waals surface area contributed by atoms with Crippen molar-refractivity contribution in [2.45, 2.75) is 27.3 Å². The quantitative estimate of drug-likeness (QED) is 0.454. The maximum Gasteiger partial charge on any atom is 0.205 e. The lowest BCUT2D eigenvalue weighted by atomic mass is 9.98. The fourth-order valence-corrected chi connectivity index (χ4v) is 3.42. The van der Waals surface area contributed by atoms with Crippen molar-refractivity contribution in [3.63, 3.8) is 0 Å². The van der Waals surface area contributed by atoms with Crippen molar-refractivity contribution in [3.8, 4) is 11.8 Å². The van der Waals surface area contributed by atoms with Crippen LogP contribution in [0.1, 0.15) is 27.8 Å². The van der Waals surface area contributed by atoms with Gasteiger partial charge in [-0.3, -0.25) is 0 Å². The van der Waals surface area contributed by atoms with Crippen LogP contribution in [0.3, 0.4) is 0 Å². The van der Waals surface area contributed by atoms with Gasteiger partial charge in [0.25, 0.3) is 0 Å². The van der Waals surface area contributed by atoms with E-state index in [4.69, 9.17) is 0 Å². The SMILES string of the molecule is Cc1cc2c(c(C)c1C)-n1c3cccc(C#N)c3c[n+]1C2. The molecule has 3 nitrogen and oxygen atoms in total. The molecule has 0 saturated carbocycles. The van der Waals surface area contributed by atoms with E-state index >= 15 is 0 Å². The third-order valence-corrected chi connectivity index (χ3v) is 4.72. The molecule has 0 radical (unpaired) electrons. The molecule has 0 atom stereocenters. The first-order valence-electron chi connectivity index (χ1n) is 7.16. The Morgan fingerprint density at radius 1 is 1.19 bits per heavy atom. The summed E-state index contributed by atoms with van der Waals surface area (Å²) in [7, 11) is 0. The molecule has 0 spiro atoms. The van der Waals surface area contributed by atoms with Gasteiger partial charge < -0.3 is 0 Å². The molecule has 0 bridgehead atoms.